The van der Waals surface area contributed by atoms with Gasteiger partial charge in [-0.2, -0.15) is 0 Å². The summed E-state index contributed by atoms with van der Waals surface area (Å²) < 4.78 is 5.66. The second-order valence-electron chi connectivity index (χ2n) is 10.7. The average molecular weight is 533 g/mol. The molecule has 0 bridgehead atoms. The minimum atomic E-state index is -1.22. The second-order valence-corrected chi connectivity index (χ2v) is 10.7. The lowest BCUT2D eigenvalue weighted by atomic mass is 9.81. The van der Waals surface area contributed by atoms with Crippen molar-refractivity contribution in [2.45, 2.75) is 57.7 Å². The van der Waals surface area contributed by atoms with Gasteiger partial charge in [0.2, 0.25) is 0 Å². The number of carbonyl (C=O) groups is 5. The van der Waals surface area contributed by atoms with Gasteiger partial charge in [-0.05, 0) is 27.7 Å². The molecule has 1 saturated heterocycles. The summed E-state index contributed by atoms with van der Waals surface area (Å²) in [4.78, 5) is 61.2. The van der Waals surface area contributed by atoms with Gasteiger partial charge >= 0.3 is 29.8 Å². The zero-order chi connectivity index (χ0) is 28.4. The van der Waals surface area contributed by atoms with Gasteiger partial charge in [-0.15, -0.1) is 0 Å². The predicted octanol–water partition coefficient (Wildman–Crippen LogP) is -0.917. The smallest absolute Gasteiger partial charge is 0.320 e. The number of carboxylic acids is 4. The summed E-state index contributed by atoms with van der Waals surface area (Å²) in [5.74, 6) is -5.37. The minimum absolute atomic E-state index is 0.0236. The first-order valence-electron chi connectivity index (χ1n) is 12.0. The van der Waals surface area contributed by atoms with Gasteiger partial charge in [0, 0.05) is 50.1 Å². The summed E-state index contributed by atoms with van der Waals surface area (Å²) in [6.45, 7) is 5.84. The molecule has 1 heterocycles. The van der Waals surface area contributed by atoms with E-state index in [1.165, 1.54) is 9.80 Å². The summed E-state index contributed by atoms with van der Waals surface area (Å²) in [5.41, 5.74) is -0.500. The van der Waals surface area contributed by atoms with E-state index in [4.69, 9.17) is 14.9 Å². The molecule has 0 aromatic rings. The molecule has 0 aliphatic carbocycles. The zero-order valence-corrected chi connectivity index (χ0v) is 21.9. The van der Waals surface area contributed by atoms with Crippen molar-refractivity contribution in [1.29, 1.82) is 0 Å². The lowest BCUT2D eigenvalue weighted by Crippen LogP contribution is -2.60. The van der Waals surface area contributed by atoms with Crippen molar-refractivity contribution in [3.63, 3.8) is 0 Å². The van der Waals surface area contributed by atoms with Crippen LogP contribution in [0.1, 0.15) is 40.5 Å². The monoisotopic (exact) mass is 532 g/mol. The largest absolute Gasteiger partial charge is 0.480 e. The van der Waals surface area contributed by atoms with Crippen molar-refractivity contribution >= 4 is 29.8 Å². The van der Waals surface area contributed by atoms with Gasteiger partial charge < -0.3 is 30.5 Å². The van der Waals surface area contributed by atoms with E-state index in [0.29, 0.717) is 12.8 Å². The lowest BCUT2D eigenvalue weighted by molar-refractivity contribution is -0.155. The Morgan fingerprint density at radius 3 is 1.35 bits per heavy atom. The first-order chi connectivity index (χ1) is 17.0. The first-order valence-corrected chi connectivity index (χ1v) is 12.0. The summed E-state index contributed by atoms with van der Waals surface area (Å²) in [6, 6.07) is 0. The van der Waals surface area contributed by atoms with E-state index in [2.05, 4.69) is 5.32 Å². The fraction of sp³-hybridized carbons (Fsp3) is 0.783. The summed E-state index contributed by atoms with van der Waals surface area (Å²) in [5, 5.41) is 40.0. The highest BCUT2D eigenvalue weighted by Gasteiger charge is 2.39. The highest BCUT2D eigenvalue weighted by Crippen LogP contribution is 2.30. The Morgan fingerprint density at radius 1 is 0.649 bits per heavy atom. The Bertz CT molecular complexity index is 800. The van der Waals surface area contributed by atoms with Gasteiger partial charge in [0.25, 0.3) is 0 Å². The lowest BCUT2D eigenvalue weighted by Gasteiger charge is -2.46. The molecule has 1 rings (SSSR count). The molecule has 0 aromatic heterocycles. The number of nitrogens with one attached hydrogen (secondary N) is 1. The molecule has 0 atom stereocenters. The van der Waals surface area contributed by atoms with Crippen LogP contribution in [0.3, 0.4) is 0 Å². The van der Waals surface area contributed by atoms with Crippen LogP contribution in [0.15, 0.2) is 0 Å². The predicted molar refractivity (Wildman–Crippen MR) is 130 cm³/mol. The van der Waals surface area contributed by atoms with Crippen molar-refractivity contribution in [2.75, 3.05) is 58.9 Å². The highest BCUT2D eigenvalue weighted by molar-refractivity contribution is 5.74. The van der Waals surface area contributed by atoms with E-state index in [1.807, 2.05) is 27.7 Å². The number of carbonyl (C=O) groups excluding carboxylic acids is 1. The Balaban J connectivity index is 2.78. The fourth-order valence-corrected chi connectivity index (χ4v) is 4.75. The summed E-state index contributed by atoms with van der Waals surface area (Å²) in [7, 11) is 0. The molecule has 0 spiro atoms. The Kier molecular flexibility index (Phi) is 12.4. The maximum Gasteiger partial charge on any atom is 0.320 e. The molecule has 0 unspecified atom stereocenters. The van der Waals surface area contributed by atoms with Gasteiger partial charge in [-0.3, -0.25) is 38.7 Å². The zero-order valence-electron chi connectivity index (χ0n) is 21.9. The Labute approximate surface area is 216 Å². The number of carboxylic acid groups (broad SMARTS) is 4. The molecular formula is C23H40N4O10. The summed E-state index contributed by atoms with van der Waals surface area (Å²) in [6.07, 6.45) is 0.844. The molecular weight excluding hydrogens is 492 g/mol. The number of ether oxygens (including phenoxy) is 1. The highest BCUT2D eigenvalue weighted by atomic mass is 16.5. The quantitative estimate of drug-likeness (QED) is 0.144. The third-order valence-corrected chi connectivity index (χ3v) is 5.70. The van der Waals surface area contributed by atoms with E-state index < -0.39 is 56.0 Å². The minimum Gasteiger partial charge on any atom is -0.480 e. The van der Waals surface area contributed by atoms with Gasteiger partial charge in [0.1, 0.15) is 6.10 Å². The standard InChI is InChI=1S/C23H40N4O10/c1-22(2)9-16(10-23(3,4)24-22)37-21(36)15-27(14-20(34)35)8-6-25(11-17(28)29)5-7-26(12-18(30)31)13-19(32)33/h16,24H,5-15H2,1-4H3,(H,28,29)(H,30,31)(H,32,33)(H,34,35). The molecule has 0 aromatic carbocycles. The van der Waals surface area contributed by atoms with Crippen LogP contribution in [0, 0.1) is 0 Å². The van der Waals surface area contributed by atoms with E-state index in [-0.39, 0.29) is 49.9 Å². The van der Waals surface area contributed by atoms with Crippen LogP contribution in [0.4, 0.5) is 0 Å². The molecule has 5 N–H and O–H groups in total. The SMILES string of the molecule is CC1(C)CC(OC(=O)CN(CCN(CCN(CC(=O)O)CC(=O)O)CC(=O)O)CC(=O)O)CC(C)(C)N1. The van der Waals surface area contributed by atoms with E-state index in [9.17, 15) is 34.2 Å². The molecule has 14 nitrogen and oxygen atoms in total. The van der Waals surface area contributed by atoms with Crippen LogP contribution < -0.4 is 5.32 Å². The van der Waals surface area contributed by atoms with E-state index >= 15 is 0 Å². The number of nitrogens with zero attached hydrogens (tertiary/aromatic N) is 3. The third-order valence-electron chi connectivity index (χ3n) is 5.70. The van der Waals surface area contributed by atoms with Crippen molar-refractivity contribution in [1.82, 2.24) is 20.0 Å². The van der Waals surface area contributed by atoms with Crippen LogP contribution in [-0.4, -0.2) is 141 Å². The molecule has 1 aliphatic heterocycles. The molecule has 1 fully saturated rings. The average Bonchev–Trinajstić information content (AvgIpc) is 2.65. The number of hydrogen-bond acceptors (Lipinski definition) is 10. The topological polar surface area (TPSA) is 197 Å². The molecule has 14 heteroatoms. The van der Waals surface area contributed by atoms with Crippen molar-refractivity contribution in [3.05, 3.63) is 0 Å². The molecule has 0 radical (unpaired) electrons. The molecule has 37 heavy (non-hydrogen) atoms. The van der Waals surface area contributed by atoms with Crippen molar-refractivity contribution in [2.24, 2.45) is 0 Å². The fourth-order valence-electron chi connectivity index (χ4n) is 4.75. The van der Waals surface area contributed by atoms with Crippen LogP contribution in [0.25, 0.3) is 0 Å². The van der Waals surface area contributed by atoms with E-state index in [0.717, 1.165) is 4.90 Å². The molecule has 212 valence electrons. The number of piperidine rings is 1. The van der Waals surface area contributed by atoms with Crippen LogP contribution in [0.2, 0.25) is 0 Å². The number of rotatable bonds is 17. The van der Waals surface area contributed by atoms with Crippen molar-refractivity contribution in [3.8, 4) is 0 Å². The van der Waals surface area contributed by atoms with Crippen molar-refractivity contribution < 1.29 is 49.1 Å². The Morgan fingerprint density at radius 2 is 0.973 bits per heavy atom. The summed E-state index contributed by atoms with van der Waals surface area (Å²) >= 11 is 0. The Hall–Kier alpha value is -2.81. The van der Waals surface area contributed by atoms with Crippen LogP contribution in [0.5, 0.6) is 0 Å². The van der Waals surface area contributed by atoms with Gasteiger partial charge in [-0.25, -0.2) is 0 Å². The second kappa shape index (κ2) is 14.2. The van der Waals surface area contributed by atoms with E-state index in [1.54, 1.807) is 0 Å². The molecule has 0 amide bonds. The number of aliphatic carboxylic acids is 4. The molecule has 0 saturated carbocycles. The molecule has 1 aliphatic rings. The normalized spacial score (nSPS) is 17.2. The van der Waals surface area contributed by atoms with Crippen LogP contribution >= 0.6 is 0 Å². The first kappa shape index (κ1) is 32.2. The third kappa shape index (κ3) is 14.5. The van der Waals surface area contributed by atoms with Gasteiger partial charge in [0.05, 0.1) is 32.7 Å². The maximum atomic E-state index is 12.7. The van der Waals surface area contributed by atoms with Crippen LogP contribution in [-0.2, 0) is 28.7 Å². The maximum absolute atomic E-state index is 12.7. The van der Waals surface area contributed by atoms with Gasteiger partial charge in [0.15, 0.2) is 0 Å². The number of esters is 1. The number of hydrogen-bond donors (Lipinski definition) is 5. The van der Waals surface area contributed by atoms with Gasteiger partial charge in [-0.1, -0.05) is 0 Å².